The molecule has 3 heterocycles. The van der Waals surface area contributed by atoms with Crippen molar-refractivity contribution in [2.24, 2.45) is 0 Å². The molecule has 0 unspecified atom stereocenters. The zero-order valence-corrected chi connectivity index (χ0v) is 10.2. The largest absolute Gasteiger partial charge is 0.394 e. The molecule has 0 radical (unpaired) electrons. The third-order valence-electron chi connectivity index (χ3n) is 3.37. The van der Waals surface area contributed by atoms with Gasteiger partial charge in [0.15, 0.2) is 5.82 Å². The SMILES string of the molecule is O=c1[nH]c(=O)c2c(F)cn([C@H]3C[C@H](O)[C@@H](CO)O3)c2[nH]1. The monoisotopic (exact) mass is 285 g/mol. The number of aliphatic hydroxyl groups excluding tert-OH is 2. The van der Waals surface area contributed by atoms with Crippen LogP contribution in [-0.4, -0.2) is 43.6 Å². The highest BCUT2D eigenvalue weighted by atomic mass is 19.1. The van der Waals surface area contributed by atoms with Gasteiger partial charge in [-0.3, -0.25) is 14.8 Å². The van der Waals surface area contributed by atoms with E-state index >= 15 is 0 Å². The predicted octanol–water partition coefficient (Wildman–Crippen LogP) is -1.20. The number of hydrogen-bond donors (Lipinski definition) is 4. The molecule has 8 nitrogen and oxygen atoms in total. The van der Waals surface area contributed by atoms with E-state index in [1.54, 1.807) is 0 Å². The van der Waals surface area contributed by atoms with E-state index in [0.29, 0.717) is 0 Å². The second kappa shape index (κ2) is 4.54. The minimum absolute atomic E-state index is 0.0213. The molecule has 20 heavy (non-hydrogen) atoms. The Bertz CT molecular complexity index is 763. The number of fused-ring (bicyclic) bond motifs is 1. The smallest absolute Gasteiger partial charge is 0.327 e. The fourth-order valence-electron chi connectivity index (χ4n) is 2.42. The summed E-state index contributed by atoms with van der Waals surface area (Å²) in [4.78, 5) is 27.1. The van der Waals surface area contributed by atoms with Crippen LogP contribution in [0.4, 0.5) is 4.39 Å². The number of aliphatic hydroxyl groups is 2. The highest BCUT2D eigenvalue weighted by Crippen LogP contribution is 2.31. The minimum atomic E-state index is -0.903. The van der Waals surface area contributed by atoms with Gasteiger partial charge in [0.2, 0.25) is 0 Å². The first-order valence-corrected chi connectivity index (χ1v) is 5.98. The maximum absolute atomic E-state index is 13.8. The molecule has 0 bridgehead atoms. The molecule has 0 aliphatic carbocycles. The van der Waals surface area contributed by atoms with Gasteiger partial charge in [-0.15, -0.1) is 0 Å². The summed E-state index contributed by atoms with van der Waals surface area (Å²) in [7, 11) is 0. The molecule has 1 fully saturated rings. The Kier molecular flexibility index (Phi) is 2.96. The van der Waals surface area contributed by atoms with E-state index in [9.17, 15) is 19.1 Å². The van der Waals surface area contributed by atoms with Crippen LogP contribution in [-0.2, 0) is 4.74 Å². The van der Waals surface area contributed by atoms with Crippen LogP contribution in [0.25, 0.3) is 11.0 Å². The number of hydrogen-bond acceptors (Lipinski definition) is 5. The molecule has 1 aliphatic heterocycles. The number of nitrogens with one attached hydrogen (secondary N) is 2. The van der Waals surface area contributed by atoms with Gasteiger partial charge in [0, 0.05) is 12.6 Å². The van der Waals surface area contributed by atoms with Crippen molar-refractivity contribution in [3.8, 4) is 0 Å². The molecule has 0 aromatic carbocycles. The predicted molar refractivity (Wildman–Crippen MR) is 64.8 cm³/mol. The van der Waals surface area contributed by atoms with Crippen molar-refractivity contribution in [2.45, 2.75) is 24.9 Å². The maximum atomic E-state index is 13.8. The topological polar surface area (TPSA) is 120 Å². The lowest BCUT2D eigenvalue weighted by Gasteiger charge is -2.14. The Morgan fingerprint density at radius 3 is 2.85 bits per heavy atom. The molecular formula is C11H12FN3O5. The van der Waals surface area contributed by atoms with Crippen molar-refractivity contribution in [3.05, 3.63) is 32.9 Å². The van der Waals surface area contributed by atoms with E-state index in [-0.39, 0.29) is 24.1 Å². The zero-order valence-electron chi connectivity index (χ0n) is 10.2. The highest BCUT2D eigenvalue weighted by Gasteiger charge is 2.35. The number of ether oxygens (including phenoxy) is 1. The van der Waals surface area contributed by atoms with E-state index in [4.69, 9.17) is 9.84 Å². The van der Waals surface area contributed by atoms with Gasteiger partial charge in [-0.2, -0.15) is 0 Å². The van der Waals surface area contributed by atoms with Crippen LogP contribution in [0.5, 0.6) is 0 Å². The summed E-state index contributed by atoms with van der Waals surface area (Å²) >= 11 is 0. The highest BCUT2D eigenvalue weighted by molar-refractivity contribution is 5.75. The molecule has 0 saturated carbocycles. The summed E-state index contributed by atoms with van der Waals surface area (Å²) in [6.07, 6.45) is -1.32. The van der Waals surface area contributed by atoms with Gasteiger partial charge in [0.25, 0.3) is 5.56 Å². The maximum Gasteiger partial charge on any atom is 0.327 e. The molecule has 0 amide bonds. The second-order valence-electron chi connectivity index (χ2n) is 4.63. The number of halogens is 1. The quantitative estimate of drug-likeness (QED) is 0.552. The van der Waals surface area contributed by atoms with E-state index in [1.807, 2.05) is 4.98 Å². The van der Waals surface area contributed by atoms with Gasteiger partial charge in [-0.1, -0.05) is 0 Å². The Morgan fingerprint density at radius 2 is 2.20 bits per heavy atom. The van der Waals surface area contributed by atoms with Crippen molar-refractivity contribution in [3.63, 3.8) is 0 Å². The fraction of sp³-hybridized carbons (Fsp3) is 0.455. The molecule has 108 valence electrons. The molecule has 0 spiro atoms. The standard InChI is InChI=1S/C11H12FN3O5/c12-4-2-15(7-1-5(17)6(3-16)20-7)9-8(4)10(18)14-11(19)13-9/h2,5-7,16-17H,1,3H2,(H2,13,14,18,19)/t5-,6+,7+/m0/s1. The van der Waals surface area contributed by atoms with E-state index in [1.165, 1.54) is 4.57 Å². The van der Waals surface area contributed by atoms with Gasteiger partial charge < -0.3 is 19.5 Å². The lowest BCUT2D eigenvalue weighted by Crippen LogP contribution is -2.24. The van der Waals surface area contributed by atoms with Gasteiger partial charge in [-0.25, -0.2) is 9.18 Å². The van der Waals surface area contributed by atoms with Crippen LogP contribution < -0.4 is 11.2 Å². The first-order chi connectivity index (χ1) is 9.51. The van der Waals surface area contributed by atoms with Crippen molar-refractivity contribution in [1.29, 1.82) is 0 Å². The lowest BCUT2D eigenvalue weighted by molar-refractivity contribution is -0.0431. The number of aromatic nitrogens is 3. The summed E-state index contributed by atoms with van der Waals surface area (Å²) in [5, 5.41) is 18.4. The van der Waals surface area contributed by atoms with Crippen molar-refractivity contribution in [2.75, 3.05) is 6.61 Å². The Labute approximate surface area is 110 Å². The normalized spacial score (nSPS) is 26.4. The zero-order chi connectivity index (χ0) is 14.4. The van der Waals surface area contributed by atoms with Gasteiger partial charge in [0.05, 0.1) is 12.7 Å². The number of H-pyrrole nitrogens is 2. The average molecular weight is 285 g/mol. The lowest BCUT2D eigenvalue weighted by atomic mass is 10.2. The van der Waals surface area contributed by atoms with Crippen LogP contribution in [0.2, 0.25) is 0 Å². The van der Waals surface area contributed by atoms with Crippen LogP contribution in [0, 0.1) is 5.82 Å². The van der Waals surface area contributed by atoms with E-state index in [0.717, 1.165) is 6.20 Å². The van der Waals surface area contributed by atoms with Gasteiger partial charge >= 0.3 is 5.69 Å². The van der Waals surface area contributed by atoms with Crippen LogP contribution in [0.1, 0.15) is 12.6 Å². The summed E-state index contributed by atoms with van der Waals surface area (Å²) in [5.74, 6) is -0.803. The molecule has 2 aromatic heterocycles. The first kappa shape index (κ1) is 13.0. The molecular weight excluding hydrogens is 273 g/mol. The van der Waals surface area contributed by atoms with Crippen LogP contribution in [0.15, 0.2) is 15.8 Å². The first-order valence-electron chi connectivity index (χ1n) is 5.98. The van der Waals surface area contributed by atoms with Crippen molar-refractivity contribution < 1.29 is 19.3 Å². The average Bonchev–Trinajstić information content (AvgIpc) is 2.90. The van der Waals surface area contributed by atoms with Crippen molar-refractivity contribution >= 4 is 11.0 Å². The molecule has 2 aromatic rings. The Morgan fingerprint density at radius 1 is 1.45 bits per heavy atom. The minimum Gasteiger partial charge on any atom is -0.394 e. The molecule has 1 saturated heterocycles. The second-order valence-corrected chi connectivity index (χ2v) is 4.63. The van der Waals surface area contributed by atoms with Crippen LogP contribution >= 0.6 is 0 Å². The molecule has 3 rings (SSSR count). The third kappa shape index (κ3) is 1.87. The summed E-state index contributed by atoms with van der Waals surface area (Å²) < 4.78 is 20.4. The molecule has 4 N–H and O–H groups in total. The van der Waals surface area contributed by atoms with Crippen molar-refractivity contribution in [1.82, 2.24) is 14.5 Å². The Hall–Kier alpha value is -1.97. The third-order valence-corrected chi connectivity index (χ3v) is 3.37. The summed E-state index contributed by atoms with van der Waals surface area (Å²) in [6.45, 7) is -0.379. The Balaban J connectivity index is 2.14. The fourth-order valence-corrected chi connectivity index (χ4v) is 2.42. The van der Waals surface area contributed by atoms with Gasteiger partial charge in [0.1, 0.15) is 23.4 Å². The number of rotatable bonds is 2. The molecule has 3 atom stereocenters. The molecule has 9 heteroatoms. The van der Waals surface area contributed by atoms with Crippen LogP contribution in [0.3, 0.4) is 0 Å². The van der Waals surface area contributed by atoms with E-state index in [2.05, 4.69) is 4.98 Å². The van der Waals surface area contributed by atoms with E-state index < -0.39 is 35.5 Å². The molecule has 1 aliphatic rings. The summed E-state index contributed by atoms with van der Waals surface area (Å²) in [5.41, 5.74) is -1.62. The number of nitrogens with zero attached hydrogens (tertiary/aromatic N) is 1. The van der Waals surface area contributed by atoms with Gasteiger partial charge in [-0.05, 0) is 0 Å². The number of aromatic amines is 2. The summed E-state index contributed by atoms with van der Waals surface area (Å²) in [6, 6.07) is 0.